The largest absolute Gasteiger partial charge is 0.494 e. The lowest BCUT2D eigenvalue weighted by Crippen LogP contribution is -2.00. The van der Waals surface area contributed by atoms with Gasteiger partial charge in [-0.1, -0.05) is 22.0 Å². The number of alkyl halides is 1. The van der Waals surface area contributed by atoms with E-state index < -0.39 is 0 Å². The van der Waals surface area contributed by atoms with Crippen molar-refractivity contribution in [2.24, 2.45) is 0 Å². The van der Waals surface area contributed by atoms with Crippen molar-refractivity contribution in [1.82, 2.24) is 0 Å². The second kappa shape index (κ2) is 8.89. The minimum Gasteiger partial charge on any atom is -0.494 e. The van der Waals surface area contributed by atoms with Crippen molar-refractivity contribution in [3.8, 4) is 17.2 Å². The summed E-state index contributed by atoms with van der Waals surface area (Å²) in [6, 6.07) is 10.0. The predicted octanol–water partition coefficient (Wildman–Crippen LogP) is 5.19. The molecule has 120 valence electrons. The molecule has 0 amide bonds. The van der Waals surface area contributed by atoms with E-state index in [1.54, 1.807) is 7.11 Å². The number of methoxy groups -OCH3 is 1. The van der Waals surface area contributed by atoms with Gasteiger partial charge in [-0.25, -0.2) is 0 Å². The summed E-state index contributed by atoms with van der Waals surface area (Å²) in [5.74, 6) is 2.47. The normalized spacial score (nSPS) is 10.7. The Balaban J connectivity index is 2.15. The molecule has 4 heteroatoms. The number of hydrogen-bond acceptors (Lipinski definition) is 3. The van der Waals surface area contributed by atoms with Crippen molar-refractivity contribution in [2.75, 3.05) is 25.7 Å². The van der Waals surface area contributed by atoms with Crippen LogP contribution in [-0.2, 0) is 0 Å². The van der Waals surface area contributed by atoms with Gasteiger partial charge in [0.2, 0.25) is 0 Å². The molecule has 3 nitrogen and oxygen atoms in total. The smallest absolute Gasteiger partial charge is 0.168 e. The molecule has 0 aliphatic carbocycles. The van der Waals surface area contributed by atoms with Crippen molar-refractivity contribution in [2.45, 2.75) is 26.2 Å². The van der Waals surface area contributed by atoms with Crippen molar-refractivity contribution in [3.63, 3.8) is 0 Å². The van der Waals surface area contributed by atoms with Crippen molar-refractivity contribution in [3.05, 3.63) is 30.3 Å². The monoisotopic (exact) mass is 366 g/mol. The van der Waals surface area contributed by atoms with Crippen LogP contribution in [0.1, 0.15) is 26.2 Å². The molecule has 0 atom stereocenters. The van der Waals surface area contributed by atoms with Crippen molar-refractivity contribution < 1.29 is 14.2 Å². The molecule has 0 spiro atoms. The van der Waals surface area contributed by atoms with Gasteiger partial charge in [-0.2, -0.15) is 0 Å². The van der Waals surface area contributed by atoms with Crippen molar-refractivity contribution in [1.29, 1.82) is 0 Å². The van der Waals surface area contributed by atoms with Crippen LogP contribution >= 0.6 is 15.9 Å². The third-order valence-corrected chi connectivity index (χ3v) is 4.02. The average Bonchev–Trinajstić information content (AvgIpc) is 2.54. The maximum atomic E-state index is 5.89. The minimum absolute atomic E-state index is 0.665. The first-order chi connectivity index (χ1) is 10.8. The van der Waals surface area contributed by atoms with Crippen molar-refractivity contribution >= 4 is 26.7 Å². The predicted molar refractivity (Wildman–Crippen MR) is 94.8 cm³/mol. The molecular weight excluding hydrogens is 344 g/mol. The Morgan fingerprint density at radius 3 is 2.59 bits per heavy atom. The van der Waals surface area contributed by atoms with E-state index in [-0.39, 0.29) is 0 Å². The standard InChI is InChI=1S/C18H23BrO3/c1-3-21-15-8-9-16-14(13-15)7-10-17(18(16)20-2)22-12-6-4-5-11-19/h7-10,13H,3-6,11-12H2,1-2H3. The molecule has 0 saturated carbocycles. The van der Waals surface area contributed by atoms with Gasteiger partial charge in [-0.05, 0) is 55.8 Å². The summed E-state index contributed by atoms with van der Waals surface area (Å²) >= 11 is 3.44. The van der Waals surface area contributed by atoms with Gasteiger partial charge in [0, 0.05) is 10.7 Å². The number of hydrogen-bond donors (Lipinski definition) is 0. The number of unbranched alkanes of at least 4 members (excludes halogenated alkanes) is 2. The topological polar surface area (TPSA) is 27.7 Å². The van der Waals surface area contributed by atoms with E-state index >= 15 is 0 Å². The van der Waals surface area contributed by atoms with Gasteiger partial charge < -0.3 is 14.2 Å². The first-order valence-corrected chi connectivity index (χ1v) is 8.84. The van der Waals surface area contributed by atoms with Crippen LogP contribution < -0.4 is 14.2 Å². The summed E-state index contributed by atoms with van der Waals surface area (Å²) in [6.07, 6.45) is 3.40. The molecule has 2 aromatic carbocycles. The average molecular weight is 367 g/mol. The molecule has 2 aromatic rings. The molecule has 0 saturated heterocycles. The fourth-order valence-electron chi connectivity index (χ4n) is 2.40. The molecule has 0 aliphatic heterocycles. The van der Waals surface area contributed by atoms with E-state index in [1.165, 1.54) is 12.8 Å². The highest BCUT2D eigenvalue weighted by molar-refractivity contribution is 9.09. The van der Waals surface area contributed by atoms with Gasteiger partial charge in [-0.15, -0.1) is 0 Å². The quantitative estimate of drug-likeness (QED) is 0.451. The van der Waals surface area contributed by atoms with Crippen LogP contribution in [0.3, 0.4) is 0 Å². The molecule has 0 radical (unpaired) electrons. The molecule has 0 fully saturated rings. The maximum Gasteiger partial charge on any atom is 0.168 e. The lowest BCUT2D eigenvalue weighted by Gasteiger charge is -2.14. The second-order valence-corrected chi connectivity index (χ2v) is 5.80. The Morgan fingerprint density at radius 1 is 1.00 bits per heavy atom. The maximum absolute atomic E-state index is 5.89. The summed E-state index contributed by atoms with van der Waals surface area (Å²) in [6.45, 7) is 3.36. The van der Waals surface area contributed by atoms with Crippen LogP contribution in [0.4, 0.5) is 0 Å². The molecule has 0 N–H and O–H groups in total. The van der Waals surface area contributed by atoms with E-state index in [9.17, 15) is 0 Å². The number of fused-ring (bicyclic) bond motifs is 1. The number of ether oxygens (including phenoxy) is 3. The van der Waals surface area contributed by atoms with Gasteiger partial charge in [0.15, 0.2) is 11.5 Å². The molecule has 0 aliphatic rings. The lowest BCUT2D eigenvalue weighted by molar-refractivity contribution is 0.287. The highest BCUT2D eigenvalue weighted by atomic mass is 79.9. The number of rotatable bonds is 9. The van der Waals surface area contributed by atoms with E-state index in [1.807, 2.05) is 37.3 Å². The fourth-order valence-corrected chi connectivity index (χ4v) is 2.79. The zero-order valence-corrected chi connectivity index (χ0v) is 14.8. The SMILES string of the molecule is CCOc1ccc2c(OC)c(OCCCCCBr)ccc2c1. The van der Waals surface area contributed by atoms with Crippen LogP contribution in [-0.4, -0.2) is 25.7 Å². The lowest BCUT2D eigenvalue weighted by atomic mass is 10.1. The summed E-state index contributed by atoms with van der Waals surface area (Å²) in [5, 5.41) is 3.19. The second-order valence-electron chi connectivity index (χ2n) is 5.01. The van der Waals surface area contributed by atoms with E-state index in [0.717, 1.165) is 39.8 Å². The molecule has 0 heterocycles. The molecule has 0 unspecified atom stereocenters. The first kappa shape index (κ1) is 16.9. The highest BCUT2D eigenvalue weighted by Gasteiger charge is 2.10. The Morgan fingerprint density at radius 2 is 1.86 bits per heavy atom. The van der Waals surface area contributed by atoms with Crippen LogP contribution in [0.5, 0.6) is 17.2 Å². The third-order valence-electron chi connectivity index (χ3n) is 3.46. The van der Waals surface area contributed by atoms with Gasteiger partial charge in [0.25, 0.3) is 0 Å². The summed E-state index contributed by atoms with van der Waals surface area (Å²) < 4.78 is 17.0. The fraction of sp³-hybridized carbons (Fsp3) is 0.444. The van der Waals surface area contributed by atoms with E-state index in [4.69, 9.17) is 14.2 Å². The Labute approximate surface area is 140 Å². The zero-order chi connectivity index (χ0) is 15.8. The molecule has 0 bridgehead atoms. The first-order valence-electron chi connectivity index (χ1n) is 7.72. The Bertz CT molecular complexity index is 598. The van der Waals surface area contributed by atoms with Crippen LogP contribution in [0.25, 0.3) is 10.8 Å². The molecule has 2 rings (SSSR count). The molecular formula is C18H23BrO3. The van der Waals surface area contributed by atoms with Crippen LogP contribution in [0, 0.1) is 0 Å². The minimum atomic E-state index is 0.665. The number of halogens is 1. The summed E-state index contributed by atoms with van der Waals surface area (Å²) in [7, 11) is 1.68. The highest BCUT2D eigenvalue weighted by Crippen LogP contribution is 2.37. The van der Waals surface area contributed by atoms with Crippen LogP contribution in [0.2, 0.25) is 0 Å². The van der Waals surface area contributed by atoms with E-state index in [0.29, 0.717) is 13.2 Å². The third kappa shape index (κ3) is 4.29. The Hall–Kier alpha value is -1.42. The summed E-state index contributed by atoms with van der Waals surface area (Å²) in [5.41, 5.74) is 0. The van der Waals surface area contributed by atoms with Crippen LogP contribution in [0.15, 0.2) is 30.3 Å². The van der Waals surface area contributed by atoms with Gasteiger partial charge in [0.05, 0.1) is 20.3 Å². The zero-order valence-electron chi connectivity index (χ0n) is 13.2. The number of benzene rings is 2. The van der Waals surface area contributed by atoms with Gasteiger partial charge in [0.1, 0.15) is 5.75 Å². The van der Waals surface area contributed by atoms with Gasteiger partial charge in [-0.3, -0.25) is 0 Å². The Kier molecular flexibility index (Phi) is 6.84. The summed E-state index contributed by atoms with van der Waals surface area (Å²) in [4.78, 5) is 0. The molecule has 22 heavy (non-hydrogen) atoms. The molecule has 0 aromatic heterocycles. The van der Waals surface area contributed by atoms with E-state index in [2.05, 4.69) is 15.9 Å². The van der Waals surface area contributed by atoms with Gasteiger partial charge >= 0.3 is 0 Å².